The fraction of sp³-hybridized carbons (Fsp3) is 0. The third kappa shape index (κ3) is 3.20. The number of nitrogens with one attached hydrogen (secondary N) is 1. The quantitative estimate of drug-likeness (QED) is 0.726. The Morgan fingerprint density at radius 1 is 1.00 bits per heavy atom. The minimum absolute atomic E-state index is 0. The molecule has 26 heavy (non-hydrogen) atoms. The van der Waals surface area contributed by atoms with Crippen LogP contribution in [0.2, 0.25) is 0 Å². The van der Waals surface area contributed by atoms with Crippen molar-refractivity contribution in [2.24, 2.45) is 4.99 Å². The summed E-state index contributed by atoms with van der Waals surface area (Å²) in [7, 11) is 0. The van der Waals surface area contributed by atoms with E-state index in [-0.39, 0.29) is 24.1 Å². The normalized spacial score (nSPS) is 12.3. The van der Waals surface area contributed by atoms with Crippen molar-refractivity contribution < 1.29 is 9.90 Å². The number of phenols is 1. The lowest BCUT2D eigenvalue weighted by Gasteiger charge is -2.29. The molecule has 1 amide bonds. The number of fused-ring (bicyclic) bond motifs is 1. The average Bonchev–Trinajstić information content (AvgIpc) is 2.68. The molecule has 0 unspecified atom stereocenters. The number of benzene rings is 1. The largest absolute Gasteiger partial charge is 0.508 e. The van der Waals surface area contributed by atoms with E-state index >= 15 is 0 Å². The van der Waals surface area contributed by atoms with Gasteiger partial charge in [0.05, 0.1) is 17.4 Å². The molecule has 0 bridgehead atoms. The number of carbonyl (C=O) groups excluding carboxylic acids is 1. The number of hydrogen-bond acceptors (Lipinski definition) is 6. The highest BCUT2D eigenvalue weighted by molar-refractivity contribution is 6.13. The van der Waals surface area contributed by atoms with Gasteiger partial charge in [-0.3, -0.25) is 20.2 Å². The second-order valence-electron chi connectivity index (χ2n) is 5.37. The summed E-state index contributed by atoms with van der Waals surface area (Å²) in [6, 6.07) is 11.7. The van der Waals surface area contributed by atoms with Gasteiger partial charge < -0.3 is 5.11 Å². The predicted octanol–water partition coefficient (Wildman–Crippen LogP) is 2.85. The molecule has 0 saturated heterocycles. The Morgan fingerprint density at radius 3 is 2.50 bits per heavy atom. The fourth-order valence-corrected chi connectivity index (χ4v) is 2.49. The van der Waals surface area contributed by atoms with Gasteiger partial charge in [0.25, 0.3) is 5.91 Å². The van der Waals surface area contributed by atoms with Crippen molar-refractivity contribution in [2.45, 2.75) is 0 Å². The number of halogens is 1. The maximum atomic E-state index is 12.9. The number of pyridine rings is 2. The molecule has 7 nitrogen and oxygen atoms in total. The lowest BCUT2D eigenvalue weighted by molar-refractivity contribution is 0.0980. The number of hydrogen-bond donors (Lipinski definition) is 2. The molecule has 0 spiro atoms. The molecule has 0 atom stereocenters. The van der Waals surface area contributed by atoms with Crippen LogP contribution < -0.4 is 10.4 Å². The first kappa shape index (κ1) is 17.4. The summed E-state index contributed by atoms with van der Waals surface area (Å²) in [6.45, 7) is 0. The third-order valence-electron chi connectivity index (χ3n) is 3.72. The van der Waals surface area contributed by atoms with Crippen LogP contribution in [0.5, 0.6) is 5.75 Å². The molecular formula is C18H14ClN5O2. The Hall–Kier alpha value is -3.45. The Morgan fingerprint density at radius 2 is 1.77 bits per heavy atom. The second-order valence-corrected chi connectivity index (χ2v) is 5.37. The maximum absolute atomic E-state index is 12.9. The van der Waals surface area contributed by atoms with Gasteiger partial charge in [-0.15, -0.1) is 12.4 Å². The maximum Gasteiger partial charge on any atom is 0.278 e. The second kappa shape index (κ2) is 7.20. The molecule has 0 fully saturated rings. The highest BCUT2D eigenvalue weighted by Crippen LogP contribution is 2.31. The van der Waals surface area contributed by atoms with Gasteiger partial charge >= 0.3 is 0 Å². The number of anilines is 1. The van der Waals surface area contributed by atoms with E-state index in [1.54, 1.807) is 61.1 Å². The fourth-order valence-electron chi connectivity index (χ4n) is 2.49. The lowest BCUT2D eigenvalue weighted by Crippen LogP contribution is -2.48. The first-order valence-corrected chi connectivity index (χ1v) is 7.55. The number of aromatic nitrogens is 2. The van der Waals surface area contributed by atoms with Gasteiger partial charge in [0, 0.05) is 24.2 Å². The highest BCUT2D eigenvalue weighted by Gasteiger charge is 2.26. The SMILES string of the molecule is Cl.O=C(c1cccnc1)N1NC(c2ccc(O)cc2)=Nc2cnccc21. The van der Waals surface area contributed by atoms with Gasteiger partial charge in [0.1, 0.15) is 11.4 Å². The number of nitrogens with zero attached hydrogens (tertiary/aromatic N) is 4. The number of amides is 1. The molecule has 8 heteroatoms. The zero-order valence-corrected chi connectivity index (χ0v) is 14.2. The van der Waals surface area contributed by atoms with Crippen LogP contribution >= 0.6 is 12.4 Å². The molecule has 3 heterocycles. The summed E-state index contributed by atoms with van der Waals surface area (Å²) in [5.41, 5.74) is 5.40. The van der Waals surface area contributed by atoms with Crippen molar-refractivity contribution in [3.05, 3.63) is 78.4 Å². The predicted molar refractivity (Wildman–Crippen MR) is 100.0 cm³/mol. The minimum atomic E-state index is -0.258. The van der Waals surface area contributed by atoms with Crippen LogP contribution in [0.4, 0.5) is 11.4 Å². The third-order valence-corrected chi connectivity index (χ3v) is 3.72. The van der Waals surface area contributed by atoms with Gasteiger partial charge in [-0.1, -0.05) is 0 Å². The Bertz CT molecular complexity index is 961. The average molecular weight is 368 g/mol. The molecular weight excluding hydrogens is 354 g/mol. The van der Waals surface area contributed by atoms with Gasteiger partial charge in [-0.2, -0.15) is 0 Å². The van der Waals surface area contributed by atoms with Crippen LogP contribution in [0.3, 0.4) is 0 Å². The lowest BCUT2D eigenvalue weighted by atomic mass is 10.1. The van der Waals surface area contributed by atoms with Crippen molar-refractivity contribution in [1.29, 1.82) is 0 Å². The van der Waals surface area contributed by atoms with Crippen LogP contribution in [0.1, 0.15) is 15.9 Å². The van der Waals surface area contributed by atoms with Gasteiger partial charge in [-0.25, -0.2) is 10.0 Å². The molecule has 0 radical (unpaired) electrons. The zero-order chi connectivity index (χ0) is 17.2. The van der Waals surface area contributed by atoms with Crippen LogP contribution in [-0.2, 0) is 0 Å². The van der Waals surface area contributed by atoms with Crippen molar-refractivity contribution in [3.8, 4) is 5.75 Å². The zero-order valence-electron chi connectivity index (χ0n) is 13.4. The number of rotatable bonds is 2. The number of carbonyl (C=O) groups is 1. The Labute approximate surface area is 155 Å². The molecule has 130 valence electrons. The van der Waals surface area contributed by atoms with E-state index in [1.807, 2.05) is 0 Å². The standard InChI is InChI=1S/C18H13N5O2.ClH/c24-14-5-3-12(4-6-14)17-21-15-11-20-9-7-16(15)23(22-17)18(25)13-2-1-8-19-10-13;/h1-11,24H,(H,21,22);1H. The van der Waals surface area contributed by atoms with Crippen molar-refractivity contribution in [1.82, 2.24) is 15.4 Å². The molecule has 2 aromatic heterocycles. The van der Waals surface area contributed by atoms with E-state index in [4.69, 9.17) is 0 Å². The van der Waals surface area contributed by atoms with E-state index in [2.05, 4.69) is 20.4 Å². The minimum Gasteiger partial charge on any atom is -0.508 e. The molecule has 4 rings (SSSR count). The summed E-state index contributed by atoms with van der Waals surface area (Å²) in [4.78, 5) is 25.5. The van der Waals surface area contributed by atoms with E-state index in [0.717, 1.165) is 5.56 Å². The molecule has 1 aliphatic heterocycles. The smallest absolute Gasteiger partial charge is 0.278 e. The van der Waals surface area contributed by atoms with E-state index in [0.29, 0.717) is 22.8 Å². The number of phenolic OH excluding ortho intramolecular Hbond substituents is 1. The molecule has 0 saturated carbocycles. The van der Waals surface area contributed by atoms with Crippen LogP contribution in [0, 0.1) is 0 Å². The molecule has 2 N–H and O–H groups in total. The van der Waals surface area contributed by atoms with E-state index in [1.165, 1.54) is 11.2 Å². The summed E-state index contributed by atoms with van der Waals surface area (Å²) >= 11 is 0. The Kier molecular flexibility index (Phi) is 4.81. The molecule has 1 aromatic carbocycles. The van der Waals surface area contributed by atoms with Crippen molar-refractivity contribution in [3.63, 3.8) is 0 Å². The van der Waals surface area contributed by atoms with Crippen LogP contribution in [-0.4, -0.2) is 26.8 Å². The highest BCUT2D eigenvalue weighted by atomic mass is 35.5. The summed E-state index contributed by atoms with van der Waals surface area (Å²) in [5, 5.41) is 10.9. The summed E-state index contributed by atoms with van der Waals surface area (Å²) < 4.78 is 0. The van der Waals surface area contributed by atoms with Crippen LogP contribution in [0.15, 0.2) is 72.2 Å². The topological polar surface area (TPSA) is 90.7 Å². The number of aliphatic imine (C=N–C) groups is 1. The summed E-state index contributed by atoms with van der Waals surface area (Å²) in [6.07, 6.45) is 6.32. The van der Waals surface area contributed by atoms with Crippen molar-refractivity contribution >= 4 is 35.5 Å². The van der Waals surface area contributed by atoms with E-state index < -0.39 is 0 Å². The first-order chi connectivity index (χ1) is 12.2. The molecule has 3 aromatic rings. The van der Waals surface area contributed by atoms with E-state index in [9.17, 15) is 9.90 Å². The number of hydrazine groups is 1. The monoisotopic (exact) mass is 367 g/mol. The summed E-state index contributed by atoms with van der Waals surface area (Å²) in [5.74, 6) is 0.384. The number of amidine groups is 1. The molecule has 1 aliphatic rings. The van der Waals surface area contributed by atoms with Gasteiger partial charge in [-0.05, 0) is 42.5 Å². The molecule has 0 aliphatic carbocycles. The van der Waals surface area contributed by atoms with Crippen LogP contribution in [0.25, 0.3) is 0 Å². The Balaban J connectivity index is 0.00000196. The number of aromatic hydroxyl groups is 1. The van der Waals surface area contributed by atoms with Gasteiger partial charge in [0.2, 0.25) is 0 Å². The van der Waals surface area contributed by atoms with Crippen molar-refractivity contribution in [2.75, 3.05) is 5.01 Å². The van der Waals surface area contributed by atoms with Gasteiger partial charge in [0.15, 0.2) is 5.84 Å². The first-order valence-electron chi connectivity index (χ1n) is 7.55.